The summed E-state index contributed by atoms with van der Waals surface area (Å²) in [5, 5.41) is 1.22. The normalized spacial score (nSPS) is 11.3. The van der Waals surface area contributed by atoms with E-state index in [2.05, 4.69) is 17.1 Å². The molecule has 200 valence electrons. The average Bonchev–Trinajstić information content (AvgIpc) is 2.93. The molecule has 0 aliphatic carbocycles. The van der Waals surface area contributed by atoms with Crippen molar-refractivity contribution in [1.29, 1.82) is 0 Å². The molecule has 39 heavy (non-hydrogen) atoms. The molecule has 0 fully saturated rings. The molecule has 0 saturated heterocycles. The minimum Gasteiger partial charge on any atom is -0.497 e. The van der Waals surface area contributed by atoms with Crippen LogP contribution in [0.5, 0.6) is 23.0 Å². The van der Waals surface area contributed by atoms with Gasteiger partial charge >= 0.3 is 0 Å². The van der Waals surface area contributed by atoms with E-state index in [-0.39, 0.29) is 5.43 Å². The predicted octanol–water partition coefficient (Wildman–Crippen LogP) is 6.52. The summed E-state index contributed by atoms with van der Waals surface area (Å²) in [6, 6.07) is 20.3. The summed E-state index contributed by atoms with van der Waals surface area (Å²) < 4.78 is 23.3. The number of hydrogen-bond acceptors (Lipinski definition) is 7. The first-order chi connectivity index (χ1) is 18.9. The molecule has 0 unspecified atom stereocenters. The Bertz CT molecular complexity index is 1650. The number of pyridine rings is 1. The van der Waals surface area contributed by atoms with E-state index < -0.39 is 0 Å². The molecule has 0 N–H and O–H groups in total. The van der Waals surface area contributed by atoms with Gasteiger partial charge in [0, 0.05) is 29.4 Å². The second-order valence-corrected chi connectivity index (χ2v) is 9.89. The summed E-state index contributed by atoms with van der Waals surface area (Å²) in [6.07, 6.45) is 3.38. The van der Waals surface area contributed by atoms with Crippen molar-refractivity contribution in [3.63, 3.8) is 0 Å². The van der Waals surface area contributed by atoms with Crippen molar-refractivity contribution < 1.29 is 18.6 Å². The van der Waals surface area contributed by atoms with Crippen molar-refractivity contribution in [2.45, 2.75) is 12.8 Å². The maximum Gasteiger partial charge on any atom is 0.200 e. The number of hydrogen-bond donors (Lipinski definition) is 0. The van der Waals surface area contributed by atoms with Gasteiger partial charge in [-0.15, -0.1) is 0 Å². The number of fused-ring (bicyclic) bond motifs is 2. The van der Waals surface area contributed by atoms with Crippen LogP contribution in [0.3, 0.4) is 0 Å². The molecular formula is C31H29ClN2O5. The maximum absolute atomic E-state index is 13.2. The van der Waals surface area contributed by atoms with Gasteiger partial charge in [0.05, 0.1) is 24.1 Å². The van der Waals surface area contributed by atoms with Gasteiger partial charge in [-0.3, -0.25) is 9.78 Å². The molecule has 0 aliphatic heterocycles. The monoisotopic (exact) mass is 544 g/mol. The van der Waals surface area contributed by atoms with E-state index in [1.54, 1.807) is 43.6 Å². The molecule has 8 heteroatoms. The van der Waals surface area contributed by atoms with E-state index in [4.69, 9.17) is 30.2 Å². The van der Waals surface area contributed by atoms with Gasteiger partial charge in [0.15, 0.2) is 11.3 Å². The fraction of sp³-hybridized carbons (Fsp3) is 0.226. The highest BCUT2D eigenvalue weighted by Gasteiger charge is 2.15. The zero-order valence-corrected chi connectivity index (χ0v) is 22.8. The maximum atomic E-state index is 13.2. The van der Waals surface area contributed by atoms with Crippen LogP contribution >= 0.6 is 11.6 Å². The molecule has 2 aromatic heterocycles. The minimum atomic E-state index is -0.180. The second-order valence-electron chi connectivity index (χ2n) is 9.46. The molecule has 5 rings (SSSR count). The van der Waals surface area contributed by atoms with Gasteiger partial charge in [-0.05, 0) is 75.0 Å². The number of ether oxygens (including phenoxy) is 3. The van der Waals surface area contributed by atoms with Crippen LogP contribution in [0.4, 0.5) is 0 Å². The Labute approximate surface area is 231 Å². The van der Waals surface area contributed by atoms with Crippen LogP contribution in [0.2, 0.25) is 5.02 Å². The predicted molar refractivity (Wildman–Crippen MR) is 154 cm³/mol. The number of benzene rings is 3. The SMILES string of the molecule is COc1ccc(CCc2ccc(Oc3ccc4c(=O)c5cc(Cl)cc(OCCN(C)C)c5oc4c3)cn2)cc1. The third kappa shape index (κ3) is 6.33. The largest absolute Gasteiger partial charge is 0.497 e. The lowest BCUT2D eigenvalue weighted by atomic mass is 10.1. The molecule has 2 heterocycles. The van der Waals surface area contributed by atoms with E-state index >= 15 is 0 Å². The lowest BCUT2D eigenvalue weighted by Crippen LogP contribution is -2.19. The third-order valence-electron chi connectivity index (χ3n) is 6.33. The van der Waals surface area contributed by atoms with Crippen molar-refractivity contribution >= 4 is 33.5 Å². The number of nitrogens with zero attached hydrogens (tertiary/aromatic N) is 2. The topological polar surface area (TPSA) is 74.0 Å². The average molecular weight is 545 g/mol. The highest BCUT2D eigenvalue weighted by atomic mass is 35.5. The molecule has 0 amide bonds. The Kier molecular flexibility index (Phi) is 8.00. The number of aromatic nitrogens is 1. The van der Waals surface area contributed by atoms with Gasteiger partial charge in [0.25, 0.3) is 0 Å². The number of halogens is 1. The molecule has 0 saturated carbocycles. The molecule has 0 atom stereocenters. The standard InChI is InChI=1S/C31H29ClN2O5/c1-34(2)14-15-37-29-17-21(32)16-27-30(35)26-13-12-24(18-28(26)39-31(27)29)38-25-11-8-22(33-19-25)7-4-20-5-9-23(36-3)10-6-20/h5-6,8-13,16-19H,4,7,14-15H2,1-3H3. The number of rotatable bonds is 10. The summed E-state index contributed by atoms with van der Waals surface area (Å²) >= 11 is 6.28. The summed E-state index contributed by atoms with van der Waals surface area (Å²) in [4.78, 5) is 19.8. The second kappa shape index (κ2) is 11.8. The first kappa shape index (κ1) is 26.5. The highest BCUT2D eigenvalue weighted by Crippen LogP contribution is 2.32. The van der Waals surface area contributed by atoms with Crippen LogP contribution in [0.1, 0.15) is 11.3 Å². The van der Waals surface area contributed by atoms with E-state index in [0.29, 0.717) is 57.4 Å². The smallest absolute Gasteiger partial charge is 0.200 e. The molecular weight excluding hydrogens is 516 g/mol. The van der Waals surface area contributed by atoms with Gasteiger partial charge in [0.2, 0.25) is 5.43 Å². The van der Waals surface area contributed by atoms with Crippen LogP contribution in [0.25, 0.3) is 21.9 Å². The van der Waals surface area contributed by atoms with E-state index in [1.165, 1.54) is 5.56 Å². The fourth-order valence-corrected chi connectivity index (χ4v) is 4.41. The first-order valence-corrected chi connectivity index (χ1v) is 13.0. The van der Waals surface area contributed by atoms with Crippen molar-refractivity contribution in [1.82, 2.24) is 9.88 Å². The Hall–Kier alpha value is -4.07. The Morgan fingerprint density at radius 2 is 1.67 bits per heavy atom. The summed E-state index contributed by atoms with van der Waals surface area (Å²) in [6.45, 7) is 1.13. The third-order valence-corrected chi connectivity index (χ3v) is 6.55. The lowest BCUT2D eigenvalue weighted by molar-refractivity contribution is 0.261. The molecule has 5 aromatic rings. The van der Waals surface area contributed by atoms with Crippen LogP contribution in [-0.4, -0.2) is 44.2 Å². The number of methoxy groups -OCH3 is 1. The molecule has 0 bridgehead atoms. The van der Waals surface area contributed by atoms with Crippen molar-refractivity contribution in [3.8, 4) is 23.0 Å². The first-order valence-electron chi connectivity index (χ1n) is 12.6. The van der Waals surface area contributed by atoms with E-state index in [0.717, 1.165) is 24.3 Å². The Balaban J connectivity index is 1.34. The van der Waals surface area contributed by atoms with Gasteiger partial charge in [0.1, 0.15) is 29.4 Å². The summed E-state index contributed by atoms with van der Waals surface area (Å²) in [5.41, 5.74) is 2.76. The number of likely N-dealkylation sites (N-methyl/N-ethyl adjacent to an activating group) is 1. The fourth-order valence-electron chi connectivity index (χ4n) is 4.20. The quantitative estimate of drug-likeness (QED) is 0.185. The van der Waals surface area contributed by atoms with Crippen molar-refractivity contribution in [2.24, 2.45) is 0 Å². The van der Waals surface area contributed by atoms with Gasteiger partial charge < -0.3 is 23.5 Å². The minimum absolute atomic E-state index is 0.180. The molecule has 3 aromatic carbocycles. The van der Waals surface area contributed by atoms with E-state index in [9.17, 15) is 4.79 Å². The Morgan fingerprint density at radius 1 is 0.897 bits per heavy atom. The van der Waals surface area contributed by atoms with E-state index in [1.807, 2.05) is 43.3 Å². The molecule has 0 aliphatic rings. The molecule has 0 radical (unpaired) electrons. The Morgan fingerprint density at radius 3 is 2.38 bits per heavy atom. The number of aryl methyl sites for hydroxylation is 2. The molecule has 7 nitrogen and oxygen atoms in total. The van der Waals surface area contributed by atoms with Gasteiger partial charge in [-0.2, -0.15) is 0 Å². The van der Waals surface area contributed by atoms with Crippen LogP contribution in [0.15, 0.2) is 82.1 Å². The summed E-state index contributed by atoms with van der Waals surface area (Å²) in [5.74, 6) is 2.39. The zero-order chi connectivity index (χ0) is 27.4. The van der Waals surface area contributed by atoms with Crippen LogP contribution < -0.4 is 19.6 Å². The van der Waals surface area contributed by atoms with Gasteiger partial charge in [-0.25, -0.2) is 0 Å². The molecule has 0 spiro atoms. The van der Waals surface area contributed by atoms with Crippen LogP contribution in [0, 0.1) is 0 Å². The van der Waals surface area contributed by atoms with Crippen LogP contribution in [-0.2, 0) is 12.8 Å². The highest BCUT2D eigenvalue weighted by molar-refractivity contribution is 6.31. The summed E-state index contributed by atoms with van der Waals surface area (Å²) in [7, 11) is 5.58. The van der Waals surface area contributed by atoms with Crippen molar-refractivity contribution in [3.05, 3.63) is 99.4 Å². The van der Waals surface area contributed by atoms with Gasteiger partial charge in [-0.1, -0.05) is 23.7 Å². The van der Waals surface area contributed by atoms with Crippen molar-refractivity contribution in [2.75, 3.05) is 34.4 Å². The zero-order valence-electron chi connectivity index (χ0n) is 22.1. The lowest BCUT2D eigenvalue weighted by Gasteiger charge is -2.13.